The minimum absolute atomic E-state index is 0.0974. The van der Waals surface area contributed by atoms with Crippen LogP contribution in [0.25, 0.3) is 21.6 Å². The van der Waals surface area contributed by atoms with Crippen molar-refractivity contribution in [3.8, 4) is 16.5 Å². The van der Waals surface area contributed by atoms with Gasteiger partial charge in [0.1, 0.15) is 16.5 Å². The van der Waals surface area contributed by atoms with E-state index < -0.39 is 0 Å². The van der Waals surface area contributed by atoms with E-state index in [1.807, 2.05) is 36.7 Å². The van der Waals surface area contributed by atoms with E-state index in [4.69, 9.17) is 9.72 Å². The van der Waals surface area contributed by atoms with Crippen LogP contribution in [0.15, 0.2) is 49.1 Å². The van der Waals surface area contributed by atoms with Crippen molar-refractivity contribution >= 4 is 27.6 Å². The van der Waals surface area contributed by atoms with Crippen LogP contribution >= 0.6 is 11.3 Å². The standard InChI is InChI=1S/C25H28N6OS/c1-3-4-18-15-27-24(28-16-18)31-13-9-19(10-14-31)17(2)32-25-30-22-6-5-21(29-23(22)33-25)20-7-11-26-12-8-20/h5-8,11-12,15-17,19H,3-4,9-10,13-14H2,1-2H3/t17-/m0/s1. The summed E-state index contributed by atoms with van der Waals surface area (Å²) < 4.78 is 6.28. The first-order valence-corrected chi connectivity index (χ1v) is 12.4. The highest BCUT2D eigenvalue weighted by atomic mass is 32.1. The van der Waals surface area contributed by atoms with E-state index >= 15 is 0 Å². The fourth-order valence-corrected chi connectivity index (χ4v) is 5.16. The predicted octanol–water partition coefficient (Wildman–Crippen LogP) is 5.18. The normalized spacial score (nSPS) is 15.6. The number of aromatic nitrogens is 5. The molecule has 0 unspecified atom stereocenters. The number of rotatable bonds is 7. The average Bonchev–Trinajstić information content (AvgIpc) is 3.27. The Morgan fingerprint density at radius 3 is 2.55 bits per heavy atom. The molecule has 1 atom stereocenters. The van der Waals surface area contributed by atoms with Gasteiger partial charge in [0, 0.05) is 43.4 Å². The van der Waals surface area contributed by atoms with Gasteiger partial charge in [-0.25, -0.2) is 19.9 Å². The van der Waals surface area contributed by atoms with Crippen LogP contribution in [-0.4, -0.2) is 44.1 Å². The molecule has 7 nitrogen and oxygen atoms in total. The molecule has 0 amide bonds. The number of pyridine rings is 2. The summed E-state index contributed by atoms with van der Waals surface area (Å²) >= 11 is 1.51. The molecule has 4 aromatic heterocycles. The van der Waals surface area contributed by atoms with Crippen molar-refractivity contribution in [2.75, 3.05) is 18.0 Å². The fraction of sp³-hybridized carbons (Fsp3) is 0.400. The zero-order chi connectivity index (χ0) is 22.6. The molecule has 1 aliphatic heterocycles. The van der Waals surface area contributed by atoms with Gasteiger partial charge in [-0.2, -0.15) is 0 Å². The Morgan fingerprint density at radius 2 is 1.82 bits per heavy atom. The second kappa shape index (κ2) is 9.79. The third-order valence-electron chi connectivity index (χ3n) is 6.22. The lowest BCUT2D eigenvalue weighted by Gasteiger charge is -2.34. The van der Waals surface area contributed by atoms with Crippen molar-refractivity contribution < 1.29 is 4.74 Å². The Kier molecular flexibility index (Phi) is 6.44. The zero-order valence-corrected chi connectivity index (χ0v) is 19.8. The van der Waals surface area contributed by atoms with Crippen molar-refractivity contribution in [3.05, 3.63) is 54.6 Å². The summed E-state index contributed by atoms with van der Waals surface area (Å²) in [4.78, 5) is 25.8. The van der Waals surface area contributed by atoms with E-state index in [0.29, 0.717) is 11.1 Å². The SMILES string of the molecule is CCCc1cnc(N2CCC([C@H](C)Oc3nc4ccc(-c5ccncc5)nc4s3)CC2)nc1. The van der Waals surface area contributed by atoms with E-state index in [2.05, 4.69) is 38.7 Å². The van der Waals surface area contributed by atoms with Crippen LogP contribution in [0.4, 0.5) is 5.95 Å². The molecule has 33 heavy (non-hydrogen) atoms. The first-order chi connectivity index (χ1) is 16.2. The van der Waals surface area contributed by atoms with Gasteiger partial charge in [-0.05, 0) is 61.9 Å². The Bertz CT molecular complexity index is 1190. The highest BCUT2D eigenvalue weighted by Gasteiger charge is 2.27. The Balaban J connectivity index is 1.20. The first kappa shape index (κ1) is 21.7. The number of thiazole rings is 1. The largest absolute Gasteiger partial charge is 0.467 e. The van der Waals surface area contributed by atoms with Crippen LogP contribution in [0.2, 0.25) is 0 Å². The third-order valence-corrected chi connectivity index (χ3v) is 7.07. The molecule has 8 heteroatoms. The van der Waals surface area contributed by atoms with Gasteiger partial charge >= 0.3 is 0 Å². The van der Waals surface area contributed by atoms with Crippen LogP contribution in [0.5, 0.6) is 5.19 Å². The van der Waals surface area contributed by atoms with E-state index in [1.165, 1.54) is 16.9 Å². The van der Waals surface area contributed by atoms with E-state index in [0.717, 1.165) is 66.3 Å². The molecule has 0 spiro atoms. The summed E-state index contributed by atoms with van der Waals surface area (Å²) in [5.41, 5.74) is 4.05. The van der Waals surface area contributed by atoms with Crippen LogP contribution in [0.1, 0.15) is 38.7 Å². The molecule has 0 aromatic carbocycles. The average molecular weight is 461 g/mol. The molecule has 0 saturated carbocycles. The topological polar surface area (TPSA) is 76.9 Å². The maximum atomic E-state index is 6.28. The van der Waals surface area contributed by atoms with Gasteiger partial charge in [-0.15, -0.1) is 0 Å². The molecule has 1 saturated heterocycles. The molecule has 5 rings (SSSR count). The van der Waals surface area contributed by atoms with Gasteiger partial charge < -0.3 is 9.64 Å². The molecular formula is C25H28N6OS. The fourth-order valence-electron chi connectivity index (χ4n) is 4.28. The number of hydrogen-bond acceptors (Lipinski definition) is 8. The van der Waals surface area contributed by atoms with E-state index in [9.17, 15) is 0 Å². The second-order valence-electron chi connectivity index (χ2n) is 8.53. The number of aryl methyl sites for hydroxylation is 1. The second-order valence-corrected chi connectivity index (χ2v) is 9.47. The molecule has 1 fully saturated rings. The lowest BCUT2D eigenvalue weighted by Crippen LogP contribution is -2.39. The molecule has 5 heterocycles. The lowest BCUT2D eigenvalue weighted by atomic mass is 9.92. The van der Waals surface area contributed by atoms with Gasteiger partial charge in [0.25, 0.3) is 5.19 Å². The maximum Gasteiger partial charge on any atom is 0.276 e. The molecule has 0 N–H and O–H groups in total. The summed E-state index contributed by atoms with van der Waals surface area (Å²) in [6, 6.07) is 7.94. The van der Waals surface area contributed by atoms with Gasteiger partial charge in [0.05, 0.1) is 5.69 Å². The minimum atomic E-state index is 0.0974. The number of nitrogens with zero attached hydrogens (tertiary/aromatic N) is 6. The van der Waals surface area contributed by atoms with Crippen molar-refractivity contribution in [1.82, 2.24) is 24.9 Å². The monoisotopic (exact) mass is 460 g/mol. The molecule has 170 valence electrons. The van der Waals surface area contributed by atoms with Gasteiger partial charge in [-0.1, -0.05) is 24.7 Å². The van der Waals surface area contributed by atoms with Crippen molar-refractivity contribution in [2.45, 2.75) is 45.6 Å². The van der Waals surface area contributed by atoms with Gasteiger partial charge in [-0.3, -0.25) is 4.98 Å². The van der Waals surface area contributed by atoms with Crippen LogP contribution in [0, 0.1) is 5.92 Å². The van der Waals surface area contributed by atoms with Crippen LogP contribution < -0.4 is 9.64 Å². The number of piperidine rings is 1. The molecule has 0 bridgehead atoms. The van der Waals surface area contributed by atoms with Crippen LogP contribution in [-0.2, 0) is 6.42 Å². The molecule has 1 aliphatic rings. The highest BCUT2D eigenvalue weighted by Crippen LogP contribution is 2.32. The number of hydrogen-bond donors (Lipinski definition) is 0. The summed E-state index contributed by atoms with van der Waals surface area (Å²) in [6.45, 7) is 6.22. The van der Waals surface area contributed by atoms with Gasteiger partial charge in [0.15, 0.2) is 0 Å². The number of anilines is 1. The third kappa shape index (κ3) is 4.95. The number of fused-ring (bicyclic) bond motifs is 1. The van der Waals surface area contributed by atoms with Crippen molar-refractivity contribution in [1.29, 1.82) is 0 Å². The quantitative estimate of drug-likeness (QED) is 0.376. The Morgan fingerprint density at radius 1 is 1.06 bits per heavy atom. The summed E-state index contributed by atoms with van der Waals surface area (Å²) in [6.07, 6.45) is 11.8. The smallest absolute Gasteiger partial charge is 0.276 e. The van der Waals surface area contributed by atoms with E-state index in [-0.39, 0.29) is 6.10 Å². The molecule has 4 aromatic rings. The van der Waals surface area contributed by atoms with Crippen molar-refractivity contribution in [3.63, 3.8) is 0 Å². The zero-order valence-electron chi connectivity index (χ0n) is 19.0. The maximum absolute atomic E-state index is 6.28. The first-order valence-electron chi connectivity index (χ1n) is 11.6. The Hall–Kier alpha value is -3.13. The van der Waals surface area contributed by atoms with Crippen LogP contribution in [0.3, 0.4) is 0 Å². The van der Waals surface area contributed by atoms with Crippen molar-refractivity contribution in [2.24, 2.45) is 5.92 Å². The number of ether oxygens (including phenoxy) is 1. The van der Waals surface area contributed by atoms with E-state index in [1.54, 1.807) is 12.4 Å². The highest BCUT2D eigenvalue weighted by molar-refractivity contribution is 7.19. The van der Waals surface area contributed by atoms with Gasteiger partial charge in [0.2, 0.25) is 5.95 Å². The Labute approximate surface area is 197 Å². The molecule has 0 aliphatic carbocycles. The summed E-state index contributed by atoms with van der Waals surface area (Å²) in [7, 11) is 0. The summed E-state index contributed by atoms with van der Waals surface area (Å²) in [5.74, 6) is 1.32. The lowest BCUT2D eigenvalue weighted by molar-refractivity contribution is 0.132. The molecular weight excluding hydrogens is 432 g/mol. The predicted molar refractivity (Wildman–Crippen MR) is 132 cm³/mol. The summed E-state index contributed by atoms with van der Waals surface area (Å²) in [5, 5.41) is 0.689. The molecule has 0 radical (unpaired) electrons. The minimum Gasteiger partial charge on any atom is -0.467 e.